The van der Waals surface area contributed by atoms with Crippen molar-refractivity contribution in [2.75, 3.05) is 0 Å². The lowest BCUT2D eigenvalue weighted by Crippen LogP contribution is -1.54. The predicted molar refractivity (Wildman–Crippen MR) is 33.5 cm³/mol. The molecule has 0 unspecified atom stereocenters. The Kier molecular flexibility index (Phi) is 4.52. The monoisotopic (exact) mass is 95.1 g/mol. The first kappa shape index (κ1) is 6.15. The molecule has 0 aliphatic rings. The van der Waals surface area contributed by atoms with Crippen molar-refractivity contribution in [3.05, 3.63) is 24.9 Å². The molecule has 0 aromatic heterocycles. The molecule has 1 nitrogen and oxygen atoms in total. The maximum absolute atomic E-state index is 3.78. The standard InChI is InChI=1S/C6H9N/c1-3-5-7-6-4-2/h3-6H,1H2,2H3. The molecule has 0 amide bonds. The Hall–Kier alpha value is -0.850. The summed E-state index contributed by atoms with van der Waals surface area (Å²) in [6.07, 6.45) is 6.85. The summed E-state index contributed by atoms with van der Waals surface area (Å²) in [5, 5.41) is 0. The number of hydrogen-bond donors (Lipinski definition) is 0. The highest BCUT2D eigenvalue weighted by atomic mass is 14.6. The Morgan fingerprint density at radius 2 is 2.29 bits per heavy atom. The van der Waals surface area contributed by atoms with Gasteiger partial charge in [-0.2, -0.15) is 0 Å². The molecule has 0 radical (unpaired) electrons. The van der Waals surface area contributed by atoms with E-state index in [0.717, 1.165) is 0 Å². The molecule has 7 heavy (non-hydrogen) atoms. The van der Waals surface area contributed by atoms with E-state index in [1.54, 1.807) is 18.5 Å². The van der Waals surface area contributed by atoms with Crippen LogP contribution in [0.4, 0.5) is 0 Å². The Morgan fingerprint density at radius 3 is 2.71 bits per heavy atom. The molecule has 0 aliphatic heterocycles. The van der Waals surface area contributed by atoms with Gasteiger partial charge in [0.2, 0.25) is 0 Å². The van der Waals surface area contributed by atoms with E-state index in [1.807, 2.05) is 13.0 Å². The van der Waals surface area contributed by atoms with Gasteiger partial charge in [-0.25, -0.2) is 0 Å². The zero-order valence-electron chi connectivity index (χ0n) is 4.46. The van der Waals surface area contributed by atoms with Crippen LogP contribution in [0, 0.1) is 0 Å². The average molecular weight is 95.1 g/mol. The summed E-state index contributed by atoms with van der Waals surface area (Å²) in [4.78, 5) is 3.78. The molecule has 38 valence electrons. The van der Waals surface area contributed by atoms with E-state index in [1.165, 1.54) is 0 Å². The second-order valence-corrected chi connectivity index (χ2v) is 1.02. The van der Waals surface area contributed by atoms with Gasteiger partial charge < -0.3 is 0 Å². The Balaban J connectivity index is 3.27. The van der Waals surface area contributed by atoms with E-state index in [-0.39, 0.29) is 0 Å². The Morgan fingerprint density at radius 1 is 1.57 bits per heavy atom. The maximum Gasteiger partial charge on any atom is 0.0261 e. The first-order valence-corrected chi connectivity index (χ1v) is 2.17. The van der Waals surface area contributed by atoms with Crippen molar-refractivity contribution in [3.8, 4) is 0 Å². The minimum absolute atomic E-state index is 1.64. The zero-order valence-corrected chi connectivity index (χ0v) is 4.46. The summed E-state index contributed by atoms with van der Waals surface area (Å²) in [6.45, 7) is 5.37. The van der Waals surface area contributed by atoms with Crippen molar-refractivity contribution >= 4 is 6.21 Å². The highest BCUT2D eigenvalue weighted by Gasteiger charge is 1.51. The van der Waals surface area contributed by atoms with Gasteiger partial charge in [-0.1, -0.05) is 18.7 Å². The minimum Gasteiger partial charge on any atom is -0.265 e. The lowest BCUT2D eigenvalue weighted by Gasteiger charge is -1.66. The molecule has 0 rings (SSSR count). The van der Waals surface area contributed by atoms with Crippen LogP contribution in [0.3, 0.4) is 0 Å². The normalized spacial score (nSPS) is 11.0. The summed E-state index contributed by atoms with van der Waals surface area (Å²) in [5.41, 5.74) is 0. The first-order chi connectivity index (χ1) is 3.41. The van der Waals surface area contributed by atoms with Gasteiger partial charge in [0, 0.05) is 12.4 Å². The molecule has 1 heteroatoms. The largest absolute Gasteiger partial charge is 0.265 e. The van der Waals surface area contributed by atoms with Crippen molar-refractivity contribution in [1.82, 2.24) is 0 Å². The molecule has 0 aromatic carbocycles. The van der Waals surface area contributed by atoms with Gasteiger partial charge in [-0.05, 0) is 6.92 Å². The fourth-order valence-corrected chi connectivity index (χ4v) is 0.197. The van der Waals surface area contributed by atoms with Crippen LogP contribution in [-0.2, 0) is 0 Å². The van der Waals surface area contributed by atoms with Gasteiger partial charge in [0.25, 0.3) is 0 Å². The van der Waals surface area contributed by atoms with Crippen LogP contribution in [0.25, 0.3) is 0 Å². The van der Waals surface area contributed by atoms with Crippen LogP contribution in [0.15, 0.2) is 29.9 Å². The van der Waals surface area contributed by atoms with Crippen LogP contribution < -0.4 is 0 Å². The summed E-state index contributed by atoms with van der Waals surface area (Å²) in [5.74, 6) is 0. The quantitative estimate of drug-likeness (QED) is 0.463. The summed E-state index contributed by atoms with van der Waals surface area (Å²) < 4.78 is 0. The van der Waals surface area contributed by atoms with Gasteiger partial charge in [0.1, 0.15) is 0 Å². The highest BCUT2D eigenvalue weighted by molar-refractivity contribution is 5.70. The molecule has 0 saturated carbocycles. The fourth-order valence-electron chi connectivity index (χ4n) is 0.197. The lowest BCUT2D eigenvalue weighted by atomic mass is 10.7. The summed E-state index contributed by atoms with van der Waals surface area (Å²) in [7, 11) is 0. The molecular formula is C6H9N. The van der Waals surface area contributed by atoms with Gasteiger partial charge >= 0.3 is 0 Å². The van der Waals surface area contributed by atoms with E-state index in [0.29, 0.717) is 0 Å². The Bertz CT molecular complexity index is 90.4. The number of allylic oxidation sites excluding steroid dienone is 2. The molecule has 0 spiro atoms. The first-order valence-electron chi connectivity index (χ1n) is 2.17. The lowest BCUT2D eigenvalue weighted by molar-refractivity contribution is 1.55. The smallest absolute Gasteiger partial charge is 0.0261 e. The molecule has 0 aliphatic carbocycles. The van der Waals surface area contributed by atoms with Gasteiger partial charge in [0.15, 0.2) is 0 Å². The van der Waals surface area contributed by atoms with Crippen LogP contribution in [0.5, 0.6) is 0 Å². The van der Waals surface area contributed by atoms with E-state index < -0.39 is 0 Å². The van der Waals surface area contributed by atoms with Gasteiger partial charge in [0.05, 0.1) is 0 Å². The second kappa shape index (κ2) is 5.15. The topological polar surface area (TPSA) is 12.4 Å². The molecule has 0 N–H and O–H groups in total. The van der Waals surface area contributed by atoms with Crippen molar-refractivity contribution < 1.29 is 0 Å². The molecule has 0 aromatic rings. The zero-order chi connectivity index (χ0) is 5.54. The van der Waals surface area contributed by atoms with Gasteiger partial charge in [-0.3, -0.25) is 4.99 Å². The van der Waals surface area contributed by atoms with Crippen LogP contribution in [-0.4, -0.2) is 6.21 Å². The minimum atomic E-state index is 1.64. The third kappa shape index (κ3) is 5.15. The van der Waals surface area contributed by atoms with Gasteiger partial charge in [-0.15, -0.1) is 0 Å². The van der Waals surface area contributed by atoms with Crippen molar-refractivity contribution in [2.24, 2.45) is 4.99 Å². The van der Waals surface area contributed by atoms with Crippen LogP contribution in [0.1, 0.15) is 6.92 Å². The van der Waals surface area contributed by atoms with E-state index in [9.17, 15) is 0 Å². The number of rotatable bonds is 2. The molecule has 0 bridgehead atoms. The molecule has 0 fully saturated rings. The Labute approximate surface area is 44.1 Å². The molecule has 0 saturated heterocycles. The number of nitrogens with zero attached hydrogens (tertiary/aromatic N) is 1. The average Bonchev–Trinajstić information content (AvgIpc) is 1.69. The van der Waals surface area contributed by atoms with Crippen molar-refractivity contribution in [2.45, 2.75) is 6.92 Å². The molecule has 0 heterocycles. The maximum atomic E-state index is 3.78. The van der Waals surface area contributed by atoms with E-state index in [2.05, 4.69) is 11.6 Å². The van der Waals surface area contributed by atoms with Crippen molar-refractivity contribution in [1.29, 1.82) is 0 Å². The summed E-state index contributed by atoms with van der Waals surface area (Å²) >= 11 is 0. The highest BCUT2D eigenvalue weighted by Crippen LogP contribution is 1.68. The van der Waals surface area contributed by atoms with Crippen LogP contribution in [0.2, 0.25) is 0 Å². The molecular weight excluding hydrogens is 86.1 g/mol. The third-order valence-electron chi connectivity index (χ3n) is 0.427. The van der Waals surface area contributed by atoms with E-state index >= 15 is 0 Å². The second-order valence-electron chi connectivity index (χ2n) is 1.02. The predicted octanol–water partition coefficient (Wildman–Crippen LogP) is 1.78. The van der Waals surface area contributed by atoms with Crippen LogP contribution >= 0.6 is 0 Å². The number of aliphatic imine (C=N–C) groups is 1. The number of hydrogen-bond acceptors (Lipinski definition) is 1. The third-order valence-corrected chi connectivity index (χ3v) is 0.427. The van der Waals surface area contributed by atoms with Crippen molar-refractivity contribution in [3.63, 3.8) is 0 Å². The molecule has 0 atom stereocenters. The SMILES string of the molecule is C=CC=NC=CC. The summed E-state index contributed by atoms with van der Waals surface area (Å²) in [6, 6.07) is 0. The van der Waals surface area contributed by atoms with E-state index in [4.69, 9.17) is 0 Å². The fraction of sp³-hybridized carbons (Fsp3) is 0.167.